The number of nitrogens with zero attached hydrogens (tertiary/aromatic N) is 2. The first-order valence-corrected chi connectivity index (χ1v) is 8.38. The average molecular weight is 330 g/mol. The van der Waals surface area contributed by atoms with Crippen molar-refractivity contribution < 1.29 is 14.7 Å². The second-order valence-electron chi connectivity index (χ2n) is 6.38. The van der Waals surface area contributed by atoms with Crippen LogP contribution >= 0.6 is 0 Å². The Morgan fingerprint density at radius 3 is 2.50 bits per heavy atom. The maximum atomic E-state index is 12.2. The zero-order valence-corrected chi connectivity index (χ0v) is 14.4. The van der Waals surface area contributed by atoms with E-state index < -0.39 is 0 Å². The molecule has 2 amide bonds. The van der Waals surface area contributed by atoms with Gasteiger partial charge in [-0.3, -0.25) is 9.59 Å². The predicted octanol–water partition coefficient (Wildman–Crippen LogP) is 1.84. The van der Waals surface area contributed by atoms with Gasteiger partial charge in [-0.25, -0.2) is 0 Å². The molecule has 0 atom stereocenters. The van der Waals surface area contributed by atoms with Crippen LogP contribution in [0.25, 0.3) is 6.08 Å². The minimum Gasteiger partial charge on any atom is -0.393 e. The molecule has 0 aromatic heterocycles. The smallest absolute Gasteiger partial charge is 0.242 e. The number of piperidine rings is 1. The lowest BCUT2D eigenvalue weighted by Crippen LogP contribution is -2.45. The van der Waals surface area contributed by atoms with Crippen LogP contribution in [0.5, 0.6) is 0 Å². The van der Waals surface area contributed by atoms with Crippen LogP contribution in [0, 0.1) is 6.92 Å². The standard InChI is InChI=1S/C19H26N2O3/c1-15-6-8-16(9-7-15)4-3-5-18(23)20(2)14-19(24)21-12-10-17(22)11-13-21/h3-4,6-9,17,22H,5,10-14H2,1-2H3/b4-3+. The lowest BCUT2D eigenvalue weighted by atomic mass is 10.1. The Bertz CT molecular complexity index is 587. The average Bonchev–Trinajstić information content (AvgIpc) is 2.57. The van der Waals surface area contributed by atoms with Crippen molar-refractivity contribution in [3.63, 3.8) is 0 Å². The molecule has 0 saturated carbocycles. The van der Waals surface area contributed by atoms with Crippen molar-refractivity contribution in [3.05, 3.63) is 41.5 Å². The summed E-state index contributed by atoms with van der Waals surface area (Å²) in [5.74, 6) is -0.135. The fourth-order valence-corrected chi connectivity index (χ4v) is 2.64. The van der Waals surface area contributed by atoms with Gasteiger partial charge in [0.1, 0.15) is 0 Å². The number of amides is 2. The van der Waals surface area contributed by atoms with E-state index in [-0.39, 0.29) is 30.9 Å². The first kappa shape index (κ1) is 18.2. The van der Waals surface area contributed by atoms with Crippen LogP contribution < -0.4 is 0 Å². The third-order valence-corrected chi connectivity index (χ3v) is 4.30. The van der Waals surface area contributed by atoms with Crippen LogP contribution in [0.3, 0.4) is 0 Å². The van der Waals surface area contributed by atoms with Crippen molar-refractivity contribution in [1.29, 1.82) is 0 Å². The molecule has 0 radical (unpaired) electrons. The van der Waals surface area contributed by atoms with Crippen molar-refractivity contribution in [3.8, 4) is 0 Å². The van der Waals surface area contributed by atoms with E-state index in [1.165, 1.54) is 10.5 Å². The number of aliphatic hydroxyl groups excluding tert-OH is 1. The quantitative estimate of drug-likeness (QED) is 0.896. The SMILES string of the molecule is Cc1ccc(/C=C/CC(=O)N(C)CC(=O)N2CCC(O)CC2)cc1. The predicted molar refractivity (Wildman–Crippen MR) is 94.3 cm³/mol. The third-order valence-electron chi connectivity index (χ3n) is 4.30. The summed E-state index contributed by atoms with van der Waals surface area (Å²) in [6, 6.07) is 8.08. The van der Waals surface area contributed by atoms with Gasteiger partial charge in [-0.1, -0.05) is 42.0 Å². The largest absolute Gasteiger partial charge is 0.393 e. The number of benzene rings is 1. The molecule has 1 aromatic carbocycles. The first-order valence-electron chi connectivity index (χ1n) is 8.38. The van der Waals surface area contributed by atoms with Gasteiger partial charge in [-0.15, -0.1) is 0 Å². The Morgan fingerprint density at radius 2 is 1.88 bits per heavy atom. The fourth-order valence-electron chi connectivity index (χ4n) is 2.64. The maximum absolute atomic E-state index is 12.2. The van der Waals surface area contributed by atoms with Crippen LogP contribution in [0.4, 0.5) is 0 Å². The van der Waals surface area contributed by atoms with Crippen LogP contribution in [0.15, 0.2) is 30.3 Å². The molecule has 1 saturated heterocycles. The summed E-state index contributed by atoms with van der Waals surface area (Å²) in [7, 11) is 1.65. The molecule has 1 aliphatic rings. The Labute approximate surface area is 143 Å². The Kier molecular flexibility index (Phi) is 6.55. The van der Waals surface area contributed by atoms with Gasteiger partial charge in [0.2, 0.25) is 11.8 Å². The van der Waals surface area contributed by atoms with E-state index in [0.29, 0.717) is 25.9 Å². The van der Waals surface area contributed by atoms with Crippen LogP contribution in [0.2, 0.25) is 0 Å². The zero-order valence-electron chi connectivity index (χ0n) is 14.4. The van der Waals surface area contributed by atoms with Gasteiger partial charge in [0.05, 0.1) is 12.6 Å². The highest BCUT2D eigenvalue weighted by Crippen LogP contribution is 2.10. The number of rotatable bonds is 5. The molecule has 2 rings (SSSR count). The highest BCUT2D eigenvalue weighted by Gasteiger charge is 2.22. The molecule has 0 spiro atoms. The van der Waals surface area contributed by atoms with E-state index in [4.69, 9.17) is 0 Å². The molecule has 5 heteroatoms. The number of carbonyl (C=O) groups excluding carboxylic acids is 2. The fraction of sp³-hybridized carbons (Fsp3) is 0.474. The van der Waals surface area contributed by atoms with E-state index in [1.54, 1.807) is 11.9 Å². The molecule has 0 unspecified atom stereocenters. The van der Waals surface area contributed by atoms with Crippen molar-refractivity contribution >= 4 is 17.9 Å². The lowest BCUT2D eigenvalue weighted by molar-refractivity contribution is -0.140. The topological polar surface area (TPSA) is 60.9 Å². The maximum Gasteiger partial charge on any atom is 0.242 e. The molecule has 1 aliphatic heterocycles. The van der Waals surface area contributed by atoms with Gasteiger partial charge in [-0.05, 0) is 25.3 Å². The Balaban J connectivity index is 1.77. The number of likely N-dealkylation sites (N-methyl/N-ethyl adjacent to an activating group) is 1. The molecule has 5 nitrogen and oxygen atoms in total. The molecule has 130 valence electrons. The number of hydrogen-bond donors (Lipinski definition) is 1. The molecule has 1 N–H and O–H groups in total. The number of likely N-dealkylation sites (tertiary alicyclic amines) is 1. The normalized spacial score (nSPS) is 15.7. The number of carbonyl (C=O) groups is 2. The van der Waals surface area contributed by atoms with E-state index >= 15 is 0 Å². The van der Waals surface area contributed by atoms with Crippen LogP contribution in [0.1, 0.15) is 30.4 Å². The summed E-state index contributed by atoms with van der Waals surface area (Å²) in [5, 5.41) is 9.47. The summed E-state index contributed by atoms with van der Waals surface area (Å²) < 4.78 is 0. The highest BCUT2D eigenvalue weighted by atomic mass is 16.3. The van der Waals surface area contributed by atoms with Gasteiger partial charge in [0.25, 0.3) is 0 Å². The van der Waals surface area contributed by atoms with E-state index in [9.17, 15) is 14.7 Å². The molecule has 1 aromatic rings. The first-order chi connectivity index (χ1) is 11.5. The van der Waals surface area contributed by atoms with Gasteiger partial charge in [0, 0.05) is 26.6 Å². The monoisotopic (exact) mass is 330 g/mol. The summed E-state index contributed by atoms with van der Waals surface area (Å²) in [4.78, 5) is 27.5. The number of aryl methyl sites for hydroxylation is 1. The number of aliphatic hydroxyl groups is 1. The van der Waals surface area contributed by atoms with Crippen LogP contribution in [-0.4, -0.2) is 59.5 Å². The lowest BCUT2D eigenvalue weighted by Gasteiger charge is -2.31. The number of hydrogen-bond acceptors (Lipinski definition) is 3. The van der Waals surface area contributed by atoms with Gasteiger partial charge in [0.15, 0.2) is 0 Å². The van der Waals surface area contributed by atoms with Gasteiger partial charge in [-0.2, -0.15) is 0 Å². The molecule has 1 fully saturated rings. The highest BCUT2D eigenvalue weighted by molar-refractivity contribution is 5.85. The van der Waals surface area contributed by atoms with E-state index in [1.807, 2.05) is 43.3 Å². The molecular weight excluding hydrogens is 304 g/mol. The van der Waals surface area contributed by atoms with Crippen molar-refractivity contribution in [2.24, 2.45) is 0 Å². The second-order valence-corrected chi connectivity index (χ2v) is 6.38. The third kappa shape index (κ3) is 5.49. The Morgan fingerprint density at radius 1 is 1.25 bits per heavy atom. The minimum atomic E-state index is -0.305. The van der Waals surface area contributed by atoms with Crippen molar-refractivity contribution in [2.75, 3.05) is 26.7 Å². The molecular formula is C19H26N2O3. The van der Waals surface area contributed by atoms with Crippen molar-refractivity contribution in [1.82, 2.24) is 9.80 Å². The molecule has 0 bridgehead atoms. The molecule has 24 heavy (non-hydrogen) atoms. The Hall–Kier alpha value is -2.14. The van der Waals surface area contributed by atoms with Crippen LogP contribution in [-0.2, 0) is 9.59 Å². The van der Waals surface area contributed by atoms with Gasteiger partial charge < -0.3 is 14.9 Å². The molecule has 0 aliphatic carbocycles. The summed E-state index contributed by atoms with van der Waals surface area (Å²) in [6.45, 7) is 3.25. The molecule has 1 heterocycles. The summed E-state index contributed by atoms with van der Waals surface area (Å²) >= 11 is 0. The summed E-state index contributed by atoms with van der Waals surface area (Å²) in [5.41, 5.74) is 2.26. The second kappa shape index (κ2) is 8.64. The van der Waals surface area contributed by atoms with E-state index in [0.717, 1.165) is 5.56 Å². The van der Waals surface area contributed by atoms with Crippen molar-refractivity contribution in [2.45, 2.75) is 32.3 Å². The zero-order chi connectivity index (χ0) is 17.5. The van der Waals surface area contributed by atoms with Gasteiger partial charge >= 0.3 is 0 Å². The van der Waals surface area contributed by atoms with E-state index in [2.05, 4.69) is 0 Å². The minimum absolute atomic E-state index is 0.0553. The summed E-state index contributed by atoms with van der Waals surface area (Å²) in [6.07, 6.45) is 4.94.